The Kier molecular flexibility index (Phi) is 2.87. The smallest absolute Gasteiger partial charge is 0.109 e. The Morgan fingerprint density at radius 3 is 2.12 bits per heavy atom. The first-order valence-corrected chi connectivity index (χ1v) is 7.14. The molecule has 4 bridgehead atoms. The molecule has 0 radical (unpaired) electrons. The maximum atomic E-state index is 5.69. The van der Waals surface area contributed by atoms with Gasteiger partial charge in [-0.2, -0.15) is 0 Å². The first-order chi connectivity index (χ1) is 7.76. The largest absolute Gasteiger partial charge is 0.386 e. The van der Waals surface area contributed by atoms with E-state index in [9.17, 15) is 0 Å². The zero-order valence-electron chi connectivity index (χ0n) is 9.74. The van der Waals surface area contributed by atoms with Crippen molar-refractivity contribution in [1.82, 2.24) is 0 Å². The molecular weight excluding hydrogens is 220 g/mol. The fourth-order valence-electron chi connectivity index (χ4n) is 4.60. The van der Waals surface area contributed by atoms with Gasteiger partial charge >= 0.3 is 0 Å². The summed E-state index contributed by atoms with van der Waals surface area (Å²) < 4.78 is 0. The van der Waals surface area contributed by atoms with E-state index in [0.29, 0.717) is 11.7 Å². The molecule has 0 amide bonds. The van der Waals surface area contributed by atoms with Gasteiger partial charge in [-0.25, -0.2) is 0 Å². The van der Waals surface area contributed by atoms with Crippen LogP contribution in [0.4, 0.5) is 0 Å². The van der Waals surface area contributed by atoms with E-state index in [1.54, 1.807) is 0 Å². The minimum atomic E-state index is 0.382. The lowest BCUT2D eigenvalue weighted by atomic mass is 9.52. The Labute approximate surface area is 103 Å². The Hall–Kier alpha value is -0.240. The van der Waals surface area contributed by atoms with E-state index in [4.69, 9.17) is 17.3 Å². The predicted molar refractivity (Wildman–Crippen MR) is 67.7 cm³/mol. The van der Waals surface area contributed by atoms with Crippen LogP contribution in [0.3, 0.4) is 0 Å². The van der Waals surface area contributed by atoms with Gasteiger partial charge in [-0.05, 0) is 61.7 Å². The molecule has 4 aliphatic rings. The number of nitrogens with two attached hydrogens (primary N) is 1. The minimum Gasteiger partial charge on any atom is -0.386 e. The third-order valence-corrected chi connectivity index (χ3v) is 5.34. The van der Waals surface area contributed by atoms with Gasteiger partial charge in [0.05, 0.1) is 5.88 Å². The molecule has 16 heavy (non-hydrogen) atoms. The average molecular weight is 241 g/mol. The van der Waals surface area contributed by atoms with Crippen molar-refractivity contribution in [3.63, 3.8) is 0 Å². The van der Waals surface area contributed by atoms with Crippen molar-refractivity contribution in [1.29, 1.82) is 0 Å². The van der Waals surface area contributed by atoms with Gasteiger partial charge in [0.25, 0.3) is 0 Å². The Morgan fingerprint density at radius 1 is 1.06 bits per heavy atom. The SMILES string of the molecule is NC(CCl)=NCC1C2CC3CC(C2)CC1C3. The first-order valence-electron chi connectivity index (χ1n) is 6.61. The molecule has 2 N–H and O–H groups in total. The van der Waals surface area contributed by atoms with Crippen LogP contribution in [-0.4, -0.2) is 18.3 Å². The number of amidine groups is 1. The lowest BCUT2D eigenvalue weighted by molar-refractivity contribution is -0.0319. The van der Waals surface area contributed by atoms with Crippen molar-refractivity contribution in [2.45, 2.75) is 32.1 Å². The van der Waals surface area contributed by atoms with Crippen molar-refractivity contribution in [2.75, 3.05) is 12.4 Å². The number of nitrogens with zero attached hydrogens (tertiary/aromatic N) is 1. The van der Waals surface area contributed by atoms with Gasteiger partial charge in [0.1, 0.15) is 5.84 Å². The summed E-state index contributed by atoms with van der Waals surface area (Å²) in [4.78, 5) is 4.45. The predicted octanol–water partition coefficient (Wildman–Crippen LogP) is 2.65. The standard InChI is InChI=1S/C13H21ClN2/c14-6-13(15)16-7-12-10-2-8-1-9(4-10)5-11(12)3-8/h8-12H,1-7H2,(H2,15,16). The summed E-state index contributed by atoms with van der Waals surface area (Å²) in [5.74, 6) is 5.81. The van der Waals surface area contributed by atoms with Crippen LogP contribution in [0.1, 0.15) is 32.1 Å². The van der Waals surface area contributed by atoms with Gasteiger partial charge in [-0.3, -0.25) is 4.99 Å². The number of alkyl halides is 1. The van der Waals surface area contributed by atoms with Crippen molar-refractivity contribution < 1.29 is 0 Å². The van der Waals surface area contributed by atoms with Crippen LogP contribution >= 0.6 is 11.6 Å². The molecule has 4 rings (SSSR count). The summed E-state index contributed by atoms with van der Waals surface area (Å²) in [7, 11) is 0. The normalized spacial score (nSPS) is 46.3. The first kappa shape index (κ1) is 10.9. The Morgan fingerprint density at radius 2 is 1.62 bits per heavy atom. The summed E-state index contributed by atoms with van der Waals surface area (Å²) in [5, 5.41) is 0. The van der Waals surface area contributed by atoms with Gasteiger partial charge in [-0.1, -0.05) is 0 Å². The Bertz CT molecular complexity index is 272. The van der Waals surface area contributed by atoms with Gasteiger partial charge < -0.3 is 5.73 Å². The second kappa shape index (κ2) is 4.21. The van der Waals surface area contributed by atoms with E-state index < -0.39 is 0 Å². The number of hydrogen-bond acceptors (Lipinski definition) is 1. The van der Waals surface area contributed by atoms with E-state index in [2.05, 4.69) is 4.99 Å². The molecule has 0 heterocycles. The second-order valence-corrected chi connectivity index (χ2v) is 6.33. The summed E-state index contributed by atoms with van der Waals surface area (Å²) in [6.07, 6.45) is 7.39. The highest BCUT2D eigenvalue weighted by atomic mass is 35.5. The molecule has 0 unspecified atom stereocenters. The van der Waals surface area contributed by atoms with Crippen LogP contribution in [0.2, 0.25) is 0 Å². The molecule has 4 saturated carbocycles. The highest BCUT2D eigenvalue weighted by Crippen LogP contribution is 2.56. The molecule has 0 spiro atoms. The van der Waals surface area contributed by atoms with Crippen molar-refractivity contribution in [3.05, 3.63) is 0 Å². The lowest BCUT2D eigenvalue weighted by Crippen LogP contribution is -2.46. The maximum absolute atomic E-state index is 5.69. The van der Waals surface area contributed by atoms with Gasteiger partial charge in [0.15, 0.2) is 0 Å². The molecule has 90 valence electrons. The number of halogens is 1. The van der Waals surface area contributed by atoms with Crippen LogP contribution in [0, 0.1) is 29.6 Å². The van der Waals surface area contributed by atoms with E-state index in [0.717, 1.165) is 36.1 Å². The highest BCUT2D eigenvalue weighted by Gasteiger charge is 2.47. The molecule has 4 fully saturated rings. The van der Waals surface area contributed by atoms with Gasteiger partial charge in [0, 0.05) is 6.54 Å². The summed E-state index contributed by atoms with van der Waals surface area (Å²) >= 11 is 5.66. The number of rotatable bonds is 3. The third-order valence-electron chi connectivity index (χ3n) is 5.06. The van der Waals surface area contributed by atoms with Crippen molar-refractivity contribution in [2.24, 2.45) is 40.3 Å². The van der Waals surface area contributed by atoms with E-state index in [-0.39, 0.29) is 0 Å². The molecular formula is C13H21ClN2. The molecule has 0 aromatic heterocycles. The molecule has 0 atom stereocenters. The molecule has 4 aliphatic carbocycles. The summed E-state index contributed by atoms with van der Waals surface area (Å²) in [6.45, 7) is 0.938. The molecule has 0 aliphatic heterocycles. The average Bonchev–Trinajstić information content (AvgIpc) is 2.26. The lowest BCUT2D eigenvalue weighted by Gasteiger charge is -2.54. The zero-order chi connectivity index (χ0) is 11.1. The summed E-state index contributed by atoms with van der Waals surface area (Å²) in [5.41, 5.74) is 5.69. The van der Waals surface area contributed by atoms with Crippen LogP contribution < -0.4 is 5.73 Å². The van der Waals surface area contributed by atoms with Crippen molar-refractivity contribution in [3.8, 4) is 0 Å². The van der Waals surface area contributed by atoms with Crippen LogP contribution in [0.5, 0.6) is 0 Å². The molecule has 2 nitrogen and oxygen atoms in total. The number of aliphatic imine (C=N–C) groups is 1. The van der Waals surface area contributed by atoms with E-state index >= 15 is 0 Å². The monoisotopic (exact) mass is 240 g/mol. The minimum absolute atomic E-state index is 0.382. The molecule has 3 heteroatoms. The van der Waals surface area contributed by atoms with Gasteiger partial charge in [-0.15, -0.1) is 11.6 Å². The molecule has 0 saturated heterocycles. The quantitative estimate of drug-likeness (QED) is 0.460. The highest BCUT2D eigenvalue weighted by molar-refractivity contribution is 6.27. The van der Waals surface area contributed by atoms with Crippen LogP contribution in [-0.2, 0) is 0 Å². The van der Waals surface area contributed by atoms with Crippen molar-refractivity contribution >= 4 is 17.4 Å². The fraction of sp³-hybridized carbons (Fsp3) is 0.923. The Balaban J connectivity index is 1.68. The van der Waals surface area contributed by atoms with E-state index in [1.807, 2.05) is 0 Å². The molecule has 0 aromatic carbocycles. The molecule has 0 aromatic rings. The maximum Gasteiger partial charge on any atom is 0.109 e. The number of hydrogen-bond donors (Lipinski definition) is 1. The fourth-order valence-corrected chi connectivity index (χ4v) is 4.69. The topological polar surface area (TPSA) is 38.4 Å². The zero-order valence-corrected chi connectivity index (χ0v) is 10.5. The third kappa shape index (κ3) is 1.85. The second-order valence-electron chi connectivity index (χ2n) is 6.06. The van der Waals surface area contributed by atoms with Gasteiger partial charge in [0.2, 0.25) is 0 Å². The van der Waals surface area contributed by atoms with Crippen LogP contribution in [0.25, 0.3) is 0 Å². The van der Waals surface area contributed by atoms with Crippen LogP contribution in [0.15, 0.2) is 4.99 Å². The summed E-state index contributed by atoms with van der Waals surface area (Å²) in [6, 6.07) is 0. The van der Waals surface area contributed by atoms with E-state index in [1.165, 1.54) is 32.1 Å².